The van der Waals surface area contributed by atoms with E-state index in [9.17, 15) is 4.79 Å². The number of nitrogens with one attached hydrogen (secondary N) is 1. The minimum atomic E-state index is -0.204. The molecule has 0 saturated carbocycles. The van der Waals surface area contributed by atoms with Gasteiger partial charge in [-0.15, -0.1) is 11.3 Å². The van der Waals surface area contributed by atoms with Crippen molar-refractivity contribution < 1.29 is 14.3 Å². The highest BCUT2D eigenvalue weighted by Crippen LogP contribution is 2.18. The van der Waals surface area contributed by atoms with E-state index < -0.39 is 0 Å². The lowest BCUT2D eigenvalue weighted by atomic mass is 10.1. The zero-order chi connectivity index (χ0) is 15.4. The predicted molar refractivity (Wildman–Crippen MR) is 82.2 cm³/mol. The summed E-state index contributed by atoms with van der Waals surface area (Å²) in [6.45, 7) is 2.97. The molecule has 0 unspecified atom stereocenters. The minimum absolute atomic E-state index is 0.138. The molecule has 3 rings (SSSR count). The Kier molecular flexibility index (Phi) is 4.65. The van der Waals surface area contributed by atoms with Crippen LogP contribution in [0, 0.1) is 6.92 Å². The molecule has 22 heavy (non-hydrogen) atoms. The van der Waals surface area contributed by atoms with E-state index in [1.165, 1.54) is 11.3 Å². The van der Waals surface area contributed by atoms with E-state index in [1.807, 2.05) is 19.1 Å². The van der Waals surface area contributed by atoms with E-state index in [0.29, 0.717) is 24.7 Å². The summed E-state index contributed by atoms with van der Waals surface area (Å²) in [6.07, 6.45) is 2.28. The average Bonchev–Trinajstić information content (AvgIpc) is 3.06. The molecule has 116 valence electrons. The first-order valence-electron chi connectivity index (χ1n) is 7.08. The number of ether oxygens (including phenoxy) is 2. The summed E-state index contributed by atoms with van der Waals surface area (Å²) >= 11 is 1.39. The van der Waals surface area contributed by atoms with Crippen LogP contribution in [0.4, 0.5) is 0 Å². The van der Waals surface area contributed by atoms with Crippen molar-refractivity contribution in [2.24, 2.45) is 0 Å². The topological polar surface area (TPSA) is 73.3 Å². The van der Waals surface area contributed by atoms with Crippen molar-refractivity contribution >= 4 is 17.2 Å². The van der Waals surface area contributed by atoms with Gasteiger partial charge in [0.05, 0.1) is 31.0 Å². The Morgan fingerprint density at radius 2 is 2.36 bits per heavy atom. The first-order chi connectivity index (χ1) is 10.7. The summed E-state index contributed by atoms with van der Waals surface area (Å²) in [6, 6.07) is 3.58. The number of rotatable bonds is 4. The third-order valence-electron chi connectivity index (χ3n) is 3.45. The van der Waals surface area contributed by atoms with Crippen molar-refractivity contribution in [3.8, 4) is 5.75 Å². The molecule has 0 radical (unpaired) electrons. The maximum atomic E-state index is 12.1. The summed E-state index contributed by atoms with van der Waals surface area (Å²) in [7, 11) is 0. The smallest absolute Gasteiger partial charge is 0.271 e. The Morgan fingerprint density at radius 1 is 1.45 bits per heavy atom. The summed E-state index contributed by atoms with van der Waals surface area (Å²) < 4.78 is 11.4. The number of carbonyl (C=O) groups excluding carboxylic acids is 1. The Morgan fingerprint density at radius 3 is 3.09 bits per heavy atom. The summed E-state index contributed by atoms with van der Waals surface area (Å²) in [4.78, 5) is 20.4. The molecule has 1 fully saturated rings. The predicted octanol–water partition coefficient (Wildman–Crippen LogP) is 1.81. The van der Waals surface area contributed by atoms with E-state index in [1.54, 1.807) is 17.1 Å². The highest BCUT2D eigenvalue weighted by molar-refractivity contribution is 7.07. The highest BCUT2D eigenvalue weighted by atomic mass is 32.1. The van der Waals surface area contributed by atoms with Gasteiger partial charge in [0.2, 0.25) is 0 Å². The fourth-order valence-corrected chi connectivity index (χ4v) is 2.79. The molecule has 0 spiro atoms. The van der Waals surface area contributed by atoms with Crippen LogP contribution < -0.4 is 10.1 Å². The van der Waals surface area contributed by atoms with Crippen LogP contribution in [0.15, 0.2) is 29.2 Å². The van der Waals surface area contributed by atoms with Gasteiger partial charge in [-0.2, -0.15) is 0 Å². The molecule has 1 aliphatic heterocycles. The number of amides is 1. The van der Waals surface area contributed by atoms with Crippen LogP contribution in [-0.4, -0.2) is 41.2 Å². The lowest BCUT2D eigenvalue weighted by Gasteiger charge is -2.32. The Balaban J connectivity index is 1.65. The van der Waals surface area contributed by atoms with E-state index >= 15 is 0 Å². The third kappa shape index (κ3) is 3.61. The number of hydrogen-bond acceptors (Lipinski definition) is 6. The van der Waals surface area contributed by atoms with Crippen LogP contribution in [0.3, 0.4) is 0 Å². The third-order valence-corrected chi connectivity index (χ3v) is 4.03. The number of hydrogen-bond donors (Lipinski definition) is 1. The molecule has 6 nitrogen and oxygen atoms in total. The molecule has 7 heteroatoms. The Bertz CT molecular complexity index is 615. The first-order valence-corrected chi connectivity index (χ1v) is 8.03. The molecular weight excluding hydrogens is 302 g/mol. The lowest BCUT2D eigenvalue weighted by molar-refractivity contribution is -0.00306. The number of aromatic nitrogens is 2. The van der Waals surface area contributed by atoms with Gasteiger partial charge in [0.25, 0.3) is 5.91 Å². The summed E-state index contributed by atoms with van der Waals surface area (Å²) in [5, 5.41) is 4.66. The van der Waals surface area contributed by atoms with Gasteiger partial charge in [0.15, 0.2) is 0 Å². The minimum Gasteiger partial charge on any atom is -0.486 e. The van der Waals surface area contributed by atoms with E-state index in [-0.39, 0.29) is 18.1 Å². The van der Waals surface area contributed by atoms with Crippen molar-refractivity contribution in [1.82, 2.24) is 15.3 Å². The van der Waals surface area contributed by atoms with Crippen molar-refractivity contribution in [3.63, 3.8) is 0 Å². The zero-order valence-electron chi connectivity index (χ0n) is 12.2. The average molecular weight is 319 g/mol. The molecule has 0 aromatic carbocycles. The second-order valence-electron chi connectivity index (χ2n) is 5.11. The van der Waals surface area contributed by atoms with Gasteiger partial charge < -0.3 is 14.8 Å². The van der Waals surface area contributed by atoms with Crippen molar-refractivity contribution in [2.45, 2.75) is 25.5 Å². The Hall–Kier alpha value is -1.99. The number of thiazole rings is 1. The van der Waals surface area contributed by atoms with Crippen molar-refractivity contribution in [1.29, 1.82) is 0 Å². The molecule has 1 amide bonds. The van der Waals surface area contributed by atoms with Gasteiger partial charge in [-0.25, -0.2) is 4.98 Å². The fourth-order valence-electron chi connectivity index (χ4n) is 2.26. The fraction of sp³-hybridized carbons (Fsp3) is 0.400. The monoisotopic (exact) mass is 319 g/mol. The largest absolute Gasteiger partial charge is 0.486 e. The standard InChI is InChI=1S/C15H17N3O3S/c1-10-2-3-11(6-16-10)21-14-4-5-20-7-12(14)18-15(19)13-8-22-9-17-13/h2-3,6,8-9,12,14H,4-5,7H2,1H3,(H,18,19)/t12-,14+/m0/s1. The molecule has 0 aliphatic carbocycles. The number of aryl methyl sites for hydroxylation is 1. The summed E-state index contributed by atoms with van der Waals surface area (Å²) in [5.74, 6) is 0.498. The number of carbonyl (C=O) groups is 1. The first kappa shape index (κ1) is 14.9. The molecule has 3 heterocycles. The van der Waals surface area contributed by atoms with Crippen molar-refractivity contribution in [2.75, 3.05) is 13.2 Å². The van der Waals surface area contributed by atoms with Gasteiger partial charge >= 0.3 is 0 Å². The van der Waals surface area contributed by atoms with Crippen molar-refractivity contribution in [3.05, 3.63) is 40.6 Å². The van der Waals surface area contributed by atoms with Crippen LogP contribution >= 0.6 is 11.3 Å². The molecule has 1 aliphatic rings. The number of pyridine rings is 1. The molecule has 0 bridgehead atoms. The normalized spacial score (nSPS) is 21.3. The van der Waals surface area contributed by atoms with Crippen LogP contribution in [0.25, 0.3) is 0 Å². The van der Waals surface area contributed by atoms with E-state index in [0.717, 1.165) is 12.1 Å². The van der Waals surface area contributed by atoms with E-state index in [4.69, 9.17) is 9.47 Å². The maximum absolute atomic E-state index is 12.1. The quantitative estimate of drug-likeness (QED) is 0.930. The molecule has 1 saturated heterocycles. The zero-order valence-corrected chi connectivity index (χ0v) is 13.0. The van der Waals surface area contributed by atoms with E-state index in [2.05, 4.69) is 15.3 Å². The second kappa shape index (κ2) is 6.85. The highest BCUT2D eigenvalue weighted by Gasteiger charge is 2.29. The van der Waals surface area contributed by atoms with Gasteiger partial charge in [0, 0.05) is 17.5 Å². The molecule has 1 N–H and O–H groups in total. The SMILES string of the molecule is Cc1ccc(O[C@@H]2CCOC[C@@H]2NC(=O)c2cscn2)cn1. The van der Waals surface area contributed by atoms with Crippen LogP contribution in [0.1, 0.15) is 22.6 Å². The van der Waals surface area contributed by atoms with Gasteiger partial charge in [-0.3, -0.25) is 9.78 Å². The molecule has 2 atom stereocenters. The van der Waals surface area contributed by atoms with Gasteiger partial charge in [0.1, 0.15) is 17.5 Å². The molecule has 2 aromatic heterocycles. The maximum Gasteiger partial charge on any atom is 0.271 e. The van der Waals surface area contributed by atoms with Crippen LogP contribution in [0.5, 0.6) is 5.75 Å². The van der Waals surface area contributed by atoms with Crippen LogP contribution in [-0.2, 0) is 4.74 Å². The molecular formula is C15H17N3O3S. The van der Waals surface area contributed by atoms with Gasteiger partial charge in [-0.1, -0.05) is 0 Å². The Labute approximate surface area is 132 Å². The second-order valence-corrected chi connectivity index (χ2v) is 5.83. The summed E-state index contributed by atoms with van der Waals surface area (Å²) in [5.41, 5.74) is 3.00. The van der Waals surface area contributed by atoms with Crippen LogP contribution in [0.2, 0.25) is 0 Å². The number of nitrogens with zero attached hydrogens (tertiary/aromatic N) is 2. The van der Waals surface area contributed by atoms with Gasteiger partial charge in [-0.05, 0) is 19.1 Å². The molecule has 2 aromatic rings. The lowest BCUT2D eigenvalue weighted by Crippen LogP contribution is -2.51.